The molecule has 0 aliphatic heterocycles. The van der Waals surface area contributed by atoms with Gasteiger partial charge in [0.25, 0.3) is 0 Å². The average Bonchev–Trinajstić information content (AvgIpc) is 3.38. The lowest BCUT2D eigenvalue weighted by Gasteiger charge is -2.42. The monoisotopic (exact) mass is 618 g/mol. The van der Waals surface area contributed by atoms with E-state index in [4.69, 9.17) is 0 Å². The minimum absolute atomic E-state index is 0.00888. The number of allylic oxidation sites excluding steroid dienone is 8. The molecule has 47 heavy (non-hydrogen) atoms. The molecule has 0 amide bonds. The summed E-state index contributed by atoms with van der Waals surface area (Å²) in [6.45, 7) is 27.0. The van der Waals surface area contributed by atoms with E-state index in [2.05, 4.69) is 149 Å². The highest BCUT2D eigenvalue weighted by Gasteiger charge is 2.49. The zero-order valence-corrected chi connectivity index (χ0v) is 30.8. The predicted octanol–water partition coefficient (Wildman–Crippen LogP) is 12.7. The van der Waals surface area contributed by atoms with Crippen LogP contribution in [0.3, 0.4) is 0 Å². The van der Waals surface area contributed by atoms with E-state index in [9.17, 15) is 0 Å². The van der Waals surface area contributed by atoms with E-state index >= 15 is 0 Å². The van der Waals surface area contributed by atoms with E-state index in [1.807, 2.05) is 0 Å². The van der Waals surface area contributed by atoms with E-state index in [-0.39, 0.29) is 21.7 Å². The first-order valence-electron chi connectivity index (χ1n) is 18.3. The Kier molecular flexibility index (Phi) is 6.47. The Labute approximate surface area is 284 Å². The highest BCUT2D eigenvalue weighted by molar-refractivity contribution is 5.93. The van der Waals surface area contributed by atoms with Crippen LogP contribution in [0.1, 0.15) is 110 Å². The van der Waals surface area contributed by atoms with Crippen LogP contribution < -0.4 is 0 Å². The van der Waals surface area contributed by atoms with Crippen LogP contribution in [0.5, 0.6) is 0 Å². The Hall–Kier alpha value is -3.38. The van der Waals surface area contributed by atoms with Crippen molar-refractivity contribution in [3.63, 3.8) is 0 Å². The van der Waals surface area contributed by atoms with Crippen molar-refractivity contribution in [3.8, 4) is 22.3 Å². The van der Waals surface area contributed by atoms with Crippen molar-refractivity contribution in [1.29, 1.82) is 0 Å². The van der Waals surface area contributed by atoms with Gasteiger partial charge in [0.15, 0.2) is 0 Å². The normalized spacial score (nSPS) is 25.1. The largest absolute Gasteiger partial charge is 0.0797 e. The third-order valence-corrected chi connectivity index (χ3v) is 13.1. The second-order valence-electron chi connectivity index (χ2n) is 18.7. The lowest BCUT2D eigenvalue weighted by Crippen LogP contribution is -2.33. The van der Waals surface area contributed by atoms with Crippen LogP contribution >= 0.6 is 0 Å². The summed E-state index contributed by atoms with van der Waals surface area (Å²) in [6.07, 6.45) is 11.1. The number of fused-ring (bicyclic) bond motifs is 7. The Balaban J connectivity index is 1.29. The fourth-order valence-corrected chi connectivity index (χ4v) is 10.4. The van der Waals surface area contributed by atoms with Gasteiger partial charge in [-0.3, -0.25) is 0 Å². The minimum atomic E-state index is 0.00888. The van der Waals surface area contributed by atoms with Crippen molar-refractivity contribution in [3.05, 3.63) is 123 Å². The van der Waals surface area contributed by atoms with Gasteiger partial charge >= 0.3 is 0 Å². The Morgan fingerprint density at radius 1 is 0.681 bits per heavy atom. The molecule has 0 N–H and O–H groups in total. The van der Waals surface area contributed by atoms with E-state index < -0.39 is 0 Å². The quantitative estimate of drug-likeness (QED) is 0.254. The highest BCUT2D eigenvalue weighted by atomic mass is 14.5. The third-order valence-electron chi connectivity index (χ3n) is 13.1. The van der Waals surface area contributed by atoms with Crippen LogP contribution in [-0.2, 0) is 18.3 Å². The number of aryl methyl sites for hydroxylation is 2. The summed E-state index contributed by atoms with van der Waals surface area (Å²) < 4.78 is 0. The van der Waals surface area contributed by atoms with E-state index in [1.54, 1.807) is 16.7 Å². The molecule has 0 heterocycles. The van der Waals surface area contributed by atoms with Crippen molar-refractivity contribution in [2.75, 3.05) is 0 Å². The molecular weight excluding hydrogens is 565 g/mol. The number of benzene rings is 3. The summed E-state index contributed by atoms with van der Waals surface area (Å²) in [5.41, 5.74) is 21.5. The first-order chi connectivity index (χ1) is 22.0. The molecule has 0 nitrogen and oxygen atoms in total. The molecule has 0 heteroatoms. The predicted molar refractivity (Wildman–Crippen MR) is 201 cm³/mol. The molecule has 0 fully saturated rings. The first kappa shape index (κ1) is 30.9. The zero-order chi connectivity index (χ0) is 33.4. The average molecular weight is 619 g/mol. The summed E-state index contributed by atoms with van der Waals surface area (Å²) in [7, 11) is 0. The van der Waals surface area contributed by atoms with Gasteiger partial charge in [-0.15, -0.1) is 0 Å². The van der Waals surface area contributed by atoms with Crippen LogP contribution in [0.2, 0.25) is 0 Å². The molecule has 5 aliphatic carbocycles. The summed E-state index contributed by atoms with van der Waals surface area (Å²) in [5.74, 6) is 1.57. The first-order valence-corrected chi connectivity index (χ1v) is 18.3. The van der Waals surface area contributed by atoms with Crippen molar-refractivity contribution < 1.29 is 0 Å². The van der Waals surface area contributed by atoms with Crippen molar-refractivity contribution in [1.82, 2.24) is 0 Å². The maximum absolute atomic E-state index is 2.67. The third kappa shape index (κ3) is 4.39. The van der Waals surface area contributed by atoms with Crippen LogP contribution in [0.25, 0.3) is 27.8 Å². The highest BCUT2D eigenvalue weighted by Crippen LogP contribution is 2.62. The Morgan fingerprint density at radius 3 is 2.11 bits per heavy atom. The number of hydrogen-bond acceptors (Lipinski definition) is 0. The molecule has 0 aromatic heterocycles. The molecule has 3 unspecified atom stereocenters. The van der Waals surface area contributed by atoms with Gasteiger partial charge < -0.3 is 0 Å². The van der Waals surface area contributed by atoms with Gasteiger partial charge in [-0.2, -0.15) is 0 Å². The maximum Gasteiger partial charge on any atom is 0.0159 e. The van der Waals surface area contributed by atoms with E-state index in [1.165, 1.54) is 61.2 Å². The van der Waals surface area contributed by atoms with Crippen molar-refractivity contribution >= 4 is 5.57 Å². The van der Waals surface area contributed by atoms with Gasteiger partial charge in [0.05, 0.1) is 0 Å². The second kappa shape index (κ2) is 9.84. The molecule has 242 valence electrons. The standard InChI is InChI=1S/C47H54/c1-27-38(45(5,6)7)21-20-33-42-36(24-31(44(2,3)4)25-41(42)47(10,11)43(27)33)30-19-17-28-16-18-29-23-37-32-14-12-13-15-39(32)46(8,9)40(37)26-35(29)34(28)22-30/h12-15,17,19-24,26-27,31,38H,16,18,25H2,1-11H3. The lowest BCUT2D eigenvalue weighted by molar-refractivity contribution is 0.218. The van der Waals surface area contributed by atoms with Gasteiger partial charge in [-0.25, -0.2) is 0 Å². The minimum Gasteiger partial charge on any atom is -0.0797 e. The molecule has 0 radical (unpaired) electrons. The second-order valence-corrected chi connectivity index (χ2v) is 18.7. The van der Waals surface area contributed by atoms with Gasteiger partial charge in [0.1, 0.15) is 0 Å². The van der Waals surface area contributed by atoms with Crippen molar-refractivity contribution in [2.45, 2.75) is 101 Å². The van der Waals surface area contributed by atoms with Crippen LogP contribution in [0.15, 0.2) is 95.1 Å². The van der Waals surface area contributed by atoms with E-state index in [0.29, 0.717) is 17.8 Å². The molecule has 3 aromatic rings. The summed E-state index contributed by atoms with van der Waals surface area (Å²) >= 11 is 0. The molecule has 0 saturated carbocycles. The lowest BCUT2D eigenvalue weighted by atomic mass is 9.62. The summed E-state index contributed by atoms with van der Waals surface area (Å²) in [6, 6.07) is 21.7. The summed E-state index contributed by atoms with van der Waals surface area (Å²) in [5, 5.41) is 0. The van der Waals surface area contributed by atoms with Crippen LogP contribution in [0.4, 0.5) is 0 Å². The fourth-order valence-electron chi connectivity index (χ4n) is 10.4. The molecule has 0 saturated heterocycles. The fraction of sp³-hybridized carbons (Fsp3) is 0.447. The van der Waals surface area contributed by atoms with Gasteiger partial charge in [0, 0.05) is 10.8 Å². The molecule has 8 rings (SSSR count). The SMILES string of the molecule is CC1C2=C(C=CC1C(C)(C)C)C1=C(CC(C(C)(C)C)C=C1c1ccc3c(c1)-c1cc4c(cc1CC3)-c1ccccc1C4(C)C)C2(C)C. The number of hydrogen-bond donors (Lipinski definition) is 0. The molecule has 5 aliphatic rings. The number of rotatable bonds is 1. The Morgan fingerprint density at radius 2 is 1.38 bits per heavy atom. The van der Waals surface area contributed by atoms with Crippen LogP contribution in [0, 0.1) is 34.0 Å². The molecule has 0 bridgehead atoms. The smallest absolute Gasteiger partial charge is 0.0159 e. The van der Waals surface area contributed by atoms with Gasteiger partial charge in [-0.1, -0.05) is 142 Å². The molecular formula is C47H54. The summed E-state index contributed by atoms with van der Waals surface area (Å²) in [4.78, 5) is 0. The van der Waals surface area contributed by atoms with Gasteiger partial charge in [0.2, 0.25) is 0 Å². The van der Waals surface area contributed by atoms with Crippen molar-refractivity contribution in [2.24, 2.45) is 34.0 Å². The zero-order valence-electron chi connectivity index (χ0n) is 30.8. The Bertz CT molecular complexity index is 1980. The van der Waals surface area contributed by atoms with E-state index in [0.717, 1.165) is 19.3 Å². The molecule has 3 aromatic carbocycles. The molecule has 3 atom stereocenters. The maximum atomic E-state index is 2.67. The van der Waals surface area contributed by atoms with Gasteiger partial charge in [-0.05, 0) is 132 Å². The van der Waals surface area contributed by atoms with Crippen LogP contribution in [-0.4, -0.2) is 0 Å². The molecule has 0 spiro atoms. The topological polar surface area (TPSA) is 0 Å².